The number of para-hydroxylation sites is 1. The normalized spacial score (nSPS) is 11.9. The van der Waals surface area contributed by atoms with Crippen molar-refractivity contribution in [3.8, 4) is 5.69 Å². The van der Waals surface area contributed by atoms with E-state index in [1.807, 2.05) is 43.5 Å². The van der Waals surface area contributed by atoms with Gasteiger partial charge in [0.25, 0.3) is 0 Å². The minimum atomic E-state index is 0. The van der Waals surface area contributed by atoms with Gasteiger partial charge in [-0.15, -0.1) is 12.4 Å². The first-order valence-electron chi connectivity index (χ1n) is 5.35. The SMILES string of the molecule is CC(N)Cc1cccn1-c1ccccc1Cl.Cl. The first-order chi connectivity index (χ1) is 7.68. The maximum atomic E-state index is 6.17. The van der Waals surface area contributed by atoms with Gasteiger partial charge in [0.1, 0.15) is 0 Å². The lowest BCUT2D eigenvalue weighted by atomic mass is 10.2. The lowest BCUT2D eigenvalue weighted by molar-refractivity contribution is 0.709. The zero-order chi connectivity index (χ0) is 11.5. The van der Waals surface area contributed by atoms with Crippen LogP contribution in [0.25, 0.3) is 5.69 Å². The van der Waals surface area contributed by atoms with Gasteiger partial charge in [0.15, 0.2) is 0 Å². The second-order valence-electron chi connectivity index (χ2n) is 4.00. The van der Waals surface area contributed by atoms with E-state index >= 15 is 0 Å². The second kappa shape index (κ2) is 6.10. The van der Waals surface area contributed by atoms with Crippen molar-refractivity contribution in [1.29, 1.82) is 0 Å². The summed E-state index contributed by atoms with van der Waals surface area (Å²) in [6.45, 7) is 2.00. The number of nitrogens with zero attached hydrogens (tertiary/aromatic N) is 1. The zero-order valence-corrected chi connectivity index (χ0v) is 11.2. The van der Waals surface area contributed by atoms with E-state index in [1.54, 1.807) is 0 Å². The van der Waals surface area contributed by atoms with Gasteiger partial charge in [0.05, 0.1) is 10.7 Å². The summed E-state index contributed by atoms with van der Waals surface area (Å²) in [5.41, 5.74) is 8.01. The molecule has 0 amide bonds. The first-order valence-corrected chi connectivity index (χ1v) is 5.73. The van der Waals surface area contributed by atoms with E-state index in [9.17, 15) is 0 Å². The van der Waals surface area contributed by atoms with E-state index in [0.717, 1.165) is 17.1 Å². The van der Waals surface area contributed by atoms with Crippen LogP contribution in [0.2, 0.25) is 5.02 Å². The van der Waals surface area contributed by atoms with Crippen molar-refractivity contribution in [2.75, 3.05) is 0 Å². The third kappa shape index (κ3) is 3.25. The van der Waals surface area contributed by atoms with Crippen molar-refractivity contribution >= 4 is 24.0 Å². The summed E-state index contributed by atoms with van der Waals surface area (Å²) in [6.07, 6.45) is 2.86. The van der Waals surface area contributed by atoms with Gasteiger partial charge in [-0.2, -0.15) is 0 Å². The molecule has 0 bridgehead atoms. The summed E-state index contributed by atoms with van der Waals surface area (Å²) in [5.74, 6) is 0. The Morgan fingerprint density at radius 2 is 1.94 bits per heavy atom. The molecule has 0 aliphatic carbocycles. The Morgan fingerprint density at radius 1 is 1.24 bits per heavy atom. The summed E-state index contributed by atoms with van der Waals surface area (Å²) in [6, 6.07) is 12.1. The first kappa shape index (κ1) is 14.1. The smallest absolute Gasteiger partial charge is 0.0646 e. The topological polar surface area (TPSA) is 30.9 Å². The van der Waals surface area contributed by atoms with Crippen molar-refractivity contribution in [3.05, 3.63) is 53.3 Å². The van der Waals surface area contributed by atoms with Gasteiger partial charge < -0.3 is 10.3 Å². The molecule has 0 fully saturated rings. The molecule has 0 radical (unpaired) electrons. The van der Waals surface area contributed by atoms with Crippen LogP contribution in [0.5, 0.6) is 0 Å². The molecule has 0 spiro atoms. The van der Waals surface area contributed by atoms with E-state index < -0.39 is 0 Å². The van der Waals surface area contributed by atoms with Gasteiger partial charge in [-0.25, -0.2) is 0 Å². The third-order valence-electron chi connectivity index (χ3n) is 2.48. The molecule has 2 N–H and O–H groups in total. The number of hydrogen-bond donors (Lipinski definition) is 1. The van der Waals surface area contributed by atoms with Gasteiger partial charge in [0.2, 0.25) is 0 Å². The molecule has 1 aromatic heterocycles. The molecular formula is C13H16Cl2N2. The van der Waals surface area contributed by atoms with Crippen molar-refractivity contribution in [2.45, 2.75) is 19.4 Å². The number of benzene rings is 1. The van der Waals surface area contributed by atoms with Crippen LogP contribution in [-0.2, 0) is 6.42 Å². The maximum Gasteiger partial charge on any atom is 0.0646 e. The van der Waals surface area contributed by atoms with Gasteiger partial charge >= 0.3 is 0 Å². The molecule has 1 heterocycles. The van der Waals surface area contributed by atoms with Crippen LogP contribution < -0.4 is 5.73 Å². The molecule has 1 atom stereocenters. The van der Waals surface area contributed by atoms with Crippen LogP contribution in [0, 0.1) is 0 Å². The molecule has 2 aromatic rings. The molecule has 1 unspecified atom stereocenters. The predicted molar refractivity (Wildman–Crippen MR) is 75.4 cm³/mol. The number of nitrogens with two attached hydrogens (primary N) is 1. The molecule has 0 saturated heterocycles. The third-order valence-corrected chi connectivity index (χ3v) is 2.80. The van der Waals surface area contributed by atoms with E-state index in [0.29, 0.717) is 0 Å². The molecule has 92 valence electrons. The fourth-order valence-corrected chi connectivity index (χ4v) is 2.02. The summed E-state index contributed by atoms with van der Waals surface area (Å²) in [5, 5.41) is 0.754. The monoisotopic (exact) mass is 270 g/mol. The van der Waals surface area contributed by atoms with E-state index in [-0.39, 0.29) is 18.4 Å². The molecule has 1 aromatic carbocycles. The Hall–Kier alpha value is -0.960. The van der Waals surface area contributed by atoms with Gasteiger partial charge in [-0.05, 0) is 31.2 Å². The minimum Gasteiger partial charge on any atom is -0.328 e. The molecule has 4 heteroatoms. The van der Waals surface area contributed by atoms with Crippen LogP contribution in [0.3, 0.4) is 0 Å². The van der Waals surface area contributed by atoms with E-state index in [2.05, 4.69) is 10.6 Å². The predicted octanol–water partition coefficient (Wildman–Crippen LogP) is 3.44. The Kier molecular flexibility index (Phi) is 5.06. The van der Waals surface area contributed by atoms with Crippen LogP contribution >= 0.6 is 24.0 Å². The van der Waals surface area contributed by atoms with Crippen LogP contribution in [-0.4, -0.2) is 10.6 Å². The maximum absolute atomic E-state index is 6.17. The summed E-state index contributed by atoms with van der Waals surface area (Å²) >= 11 is 6.17. The number of aromatic nitrogens is 1. The average Bonchev–Trinajstić information content (AvgIpc) is 2.66. The minimum absolute atomic E-state index is 0. The summed E-state index contributed by atoms with van der Waals surface area (Å²) < 4.78 is 2.09. The molecule has 0 aliphatic heterocycles. The quantitative estimate of drug-likeness (QED) is 0.910. The molecule has 2 nitrogen and oxygen atoms in total. The average molecular weight is 271 g/mol. The van der Waals surface area contributed by atoms with Crippen molar-refractivity contribution < 1.29 is 0 Å². The van der Waals surface area contributed by atoms with Crippen LogP contribution in [0.1, 0.15) is 12.6 Å². The number of hydrogen-bond acceptors (Lipinski definition) is 1. The molecule has 17 heavy (non-hydrogen) atoms. The molecule has 2 rings (SSSR count). The van der Waals surface area contributed by atoms with Crippen molar-refractivity contribution in [1.82, 2.24) is 4.57 Å². The summed E-state index contributed by atoms with van der Waals surface area (Å²) in [7, 11) is 0. The Balaban J connectivity index is 0.00000144. The standard InChI is InChI=1S/C13H15ClN2.ClH/c1-10(15)9-11-5-4-8-16(11)13-7-3-2-6-12(13)14;/h2-8,10H,9,15H2,1H3;1H. The zero-order valence-electron chi connectivity index (χ0n) is 9.64. The van der Waals surface area contributed by atoms with Crippen LogP contribution in [0.15, 0.2) is 42.6 Å². The van der Waals surface area contributed by atoms with Gasteiger partial charge in [-0.1, -0.05) is 23.7 Å². The largest absolute Gasteiger partial charge is 0.328 e. The highest BCUT2D eigenvalue weighted by Gasteiger charge is 2.07. The Morgan fingerprint density at radius 3 is 2.59 bits per heavy atom. The highest BCUT2D eigenvalue weighted by atomic mass is 35.5. The van der Waals surface area contributed by atoms with Gasteiger partial charge in [0, 0.05) is 24.4 Å². The molecule has 0 aliphatic rings. The van der Waals surface area contributed by atoms with Crippen molar-refractivity contribution in [2.24, 2.45) is 5.73 Å². The Labute approximate surface area is 113 Å². The highest BCUT2D eigenvalue weighted by Crippen LogP contribution is 2.22. The van der Waals surface area contributed by atoms with Crippen LogP contribution in [0.4, 0.5) is 0 Å². The highest BCUT2D eigenvalue weighted by molar-refractivity contribution is 6.32. The number of rotatable bonds is 3. The molecular weight excluding hydrogens is 255 g/mol. The van der Waals surface area contributed by atoms with E-state index in [4.69, 9.17) is 17.3 Å². The fraction of sp³-hybridized carbons (Fsp3) is 0.231. The summed E-state index contributed by atoms with van der Waals surface area (Å²) in [4.78, 5) is 0. The van der Waals surface area contributed by atoms with Gasteiger partial charge in [-0.3, -0.25) is 0 Å². The molecule has 0 saturated carbocycles. The lowest BCUT2D eigenvalue weighted by Gasteiger charge is -2.12. The number of halogens is 2. The lowest BCUT2D eigenvalue weighted by Crippen LogP contribution is -2.19. The van der Waals surface area contributed by atoms with Crippen molar-refractivity contribution in [3.63, 3.8) is 0 Å². The van der Waals surface area contributed by atoms with E-state index in [1.165, 1.54) is 5.69 Å². The Bertz CT molecular complexity index is 478. The second-order valence-corrected chi connectivity index (χ2v) is 4.41. The fourth-order valence-electron chi connectivity index (χ4n) is 1.79.